The predicted molar refractivity (Wildman–Crippen MR) is 581 cm³/mol. The molecule has 0 saturated heterocycles. The largest absolute Gasteiger partial charge is 0.311 e. The van der Waals surface area contributed by atoms with E-state index in [9.17, 15) is 0 Å². The molecule has 136 heavy (non-hydrogen) atoms. The minimum Gasteiger partial charge on any atom is -0.311 e. The quantitative estimate of drug-likeness (QED) is 0.0670. The van der Waals surface area contributed by atoms with Gasteiger partial charge in [-0.25, -0.2) is 0 Å². The third kappa shape index (κ3) is 20.7. The average Bonchev–Trinajstić information content (AvgIpc) is 0.800. The maximum Gasteiger partial charge on any atom is 0.0462 e. The van der Waals surface area contributed by atoms with E-state index in [1.807, 2.05) is 0 Å². The minimum absolute atomic E-state index is 0.0680. The van der Waals surface area contributed by atoms with Crippen molar-refractivity contribution >= 4 is 51.2 Å². The van der Waals surface area contributed by atoms with Crippen LogP contribution in [-0.2, 0) is 11.8 Å². The van der Waals surface area contributed by atoms with Gasteiger partial charge >= 0.3 is 0 Å². The second-order valence-corrected chi connectivity index (χ2v) is 35.5. The standard InChI is InChI=1S/C46H39N.C44H35N.C43H33N/c1-46(2,3)40-25-32-44(45(33-40)38-17-11-6-12-18-38)39-23-30-43(31-24-39)47(41-26-19-36(20-27-41)34-13-7-4-8-14-34)42-28-21-37(22-29-42)35-15-9-5-10-16-35;1-2-33-18-31-43(44(32-33)38-16-10-5-11-17-38)39-23-29-42(30-24-39)45(40-25-19-36(20-26-40)34-12-6-3-7-13-34)41-27-21-37(22-28-41)35-14-8-4-9-15-35;1-32-17-30-42(43(31-32)37-15-9-4-10-16-37)38-22-28-41(29-23-38)44(39-24-18-35(19-25-39)33-11-5-2-6-12-33)40-26-20-36(21-27-40)34-13-7-3-8-14-34/h4-33H,1-3H3;3-32H,2H2,1H3;2-31H,1H3. The van der Waals surface area contributed by atoms with Crippen LogP contribution in [0.15, 0.2) is 546 Å². The first-order valence-corrected chi connectivity index (χ1v) is 47.1. The molecule has 0 aliphatic rings. The Kier molecular flexibility index (Phi) is 27.0. The van der Waals surface area contributed by atoms with Crippen molar-refractivity contribution in [3.63, 3.8) is 0 Å². The zero-order valence-corrected chi connectivity index (χ0v) is 77.5. The van der Waals surface area contributed by atoms with Gasteiger partial charge in [0.15, 0.2) is 0 Å². The molecule has 21 aromatic carbocycles. The molecule has 0 bridgehead atoms. The molecule has 21 rings (SSSR count). The fourth-order valence-electron chi connectivity index (χ4n) is 18.1. The zero-order valence-electron chi connectivity index (χ0n) is 77.5. The van der Waals surface area contributed by atoms with Gasteiger partial charge in [0, 0.05) is 51.2 Å². The molecule has 0 saturated carbocycles. The number of hydrogen-bond acceptors (Lipinski definition) is 3. The lowest BCUT2D eigenvalue weighted by Gasteiger charge is -2.26. The van der Waals surface area contributed by atoms with Gasteiger partial charge in [-0.2, -0.15) is 0 Å². The number of nitrogens with zero attached hydrogens (tertiary/aromatic N) is 3. The highest BCUT2D eigenvalue weighted by atomic mass is 15.2. The van der Waals surface area contributed by atoms with Gasteiger partial charge in [-0.3, -0.25) is 0 Å². The number of benzene rings is 21. The summed E-state index contributed by atoms with van der Waals surface area (Å²) in [4.78, 5) is 7.01. The highest BCUT2D eigenvalue weighted by Crippen LogP contribution is 2.46. The molecule has 0 unspecified atom stereocenters. The summed E-state index contributed by atoms with van der Waals surface area (Å²) in [6, 6.07) is 196. The lowest BCUT2D eigenvalue weighted by Crippen LogP contribution is -2.11. The van der Waals surface area contributed by atoms with Gasteiger partial charge in [0.1, 0.15) is 0 Å². The fraction of sp³-hybridized carbons (Fsp3) is 0.0526. The van der Waals surface area contributed by atoms with Crippen LogP contribution in [0.4, 0.5) is 51.2 Å². The molecule has 0 heterocycles. The summed E-state index contributed by atoms with van der Waals surface area (Å²) < 4.78 is 0. The molecule has 0 radical (unpaired) electrons. The van der Waals surface area contributed by atoms with E-state index in [-0.39, 0.29) is 5.41 Å². The molecule has 654 valence electrons. The highest BCUT2D eigenvalue weighted by Gasteiger charge is 2.23. The van der Waals surface area contributed by atoms with Crippen LogP contribution < -0.4 is 14.7 Å². The Morgan fingerprint density at radius 1 is 0.154 bits per heavy atom. The van der Waals surface area contributed by atoms with Crippen molar-refractivity contribution < 1.29 is 0 Å². The number of anilines is 9. The lowest BCUT2D eigenvalue weighted by atomic mass is 9.83. The summed E-state index contributed by atoms with van der Waals surface area (Å²) in [6.45, 7) is 11.2. The Balaban J connectivity index is 0.000000131. The Hall–Kier alpha value is -17.0. The third-order valence-electron chi connectivity index (χ3n) is 25.5. The average molecular weight is 1750 g/mol. The van der Waals surface area contributed by atoms with E-state index in [0.717, 1.165) is 57.6 Å². The molecule has 3 nitrogen and oxygen atoms in total. The van der Waals surface area contributed by atoms with Crippen LogP contribution in [0.2, 0.25) is 0 Å². The monoisotopic (exact) mass is 1750 g/mol. The predicted octanol–water partition coefficient (Wildman–Crippen LogP) is 37.6. The fourth-order valence-corrected chi connectivity index (χ4v) is 18.1. The number of rotatable bonds is 22. The molecule has 0 amide bonds. The van der Waals surface area contributed by atoms with E-state index >= 15 is 0 Å². The molecule has 0 aromatic heterocycles. The van der Waals surface area contributed by atoms with E-state index in [1.165, 1.54) is 150 Å². The second-order valence-electron chi connectivity index (χ2n) is 35.5. The third-order valence-corrected chi connectivity index (χ3v) is 25.5. The minimum atomic E-state index is 0.0680. The first kappa shape index (κ1) is 88.3. The van der Waals surface area contributed by atoms with Gasteiger partial charge in [0.2, 0.25) is 0 Å². The second kappa shape index (κ2) is 41.6. The zero-order chi connectivity index (χ0) is 92.4. The molecule has 0 atom stereocenters. The normalized spacial score (nSPS) is 11.0. The summed E-state index contributed by atoms with van der Waals surface area (Å²) in [5.41, 5.74) is 43.4. The van der Waals surface area contributed by atoms with Crippen LogP contribution in [0.1, 0.15) is 44.4 Å². The molecule has 0 aliphatic heterocycles. The highest BCUT2D eigenvalue weighted by molar-refractivity contribution is 5.91. The first-order valence-electron chi connectivity index (χ1n) is 47.1. The molecule has 0 fully saturated rings. The van der Waals surface area contributed by atoms with E-state index in [0.29, 0.717) is 0 Å². The van der Waals surface area contributed by atoms with Crippen molar-refractivity contribution in [3.8, 4) is 134 Å². The van der Waals surface area contributed by atoms with Crippen molar-refractivity contribution in [1.29, 1.82) is 0 Å². The maximum absolute atomic E-state index is 2.37. The molecule has 21 aromatic rings. The van der Waals surface area contributed by atoms with Crippen molar-refractivity contribution in [3.05, 3.63) is 563 Å². The topological polar surface area (TPSA) is 9.72 Å². The molecule has 0 spiro atoms. The summed E-state index contributed by atoms with van der Waals surface area (Å²) in [5.74, 6) is 0. The summed E-state index contributed by atoms with van der Waals surface area (Å²) in [7, 11) is 0. The van der Waals surface area contributed by atoms with Crippen LogP contribution in [0.3, 0.4) is 0 Å². The van der Waals surface area contributed by atoms with Crippen molar-refractivity contribution in [1.82, 2.24) is 0 Å². The number of aryl methyl sites for hydroxylation is 2. The Morgan fingerprint density at radius 2 is 0.324 bits per heavy atom. The van der Waals surface area contributed by atoms with Crippen molar-refractivity contribution in [2.75, 3.05) is 14.7 Å². The Bertz CT molecular complexity index is 7180. The smallest absolute Gasteiger partial charge is 0.0462 e. The van der Waals surface area contributed by atoms with Gasteiger partial charge in [0.25, 0.3) is 0 Å². The first-order chi connectivity index (χ1) is 66.9. The number of hydrogen-bond donors (Lipinski definition) is 0. The van der Waals surface area contributed by atoms with Gasteiger partial charge in [-0.1, -0.05) is 470 Å². The van der Waals surface area contributed by atoms with E-state index < -0.39 is 0 Å². The summed E-state index contributed by atoms with van der Waals surface area (Å²) >= 11 is 0. The van der Waals surface area contributed by atoms with Crippen LogP contribution in [0.5, 0.6) is 0 Å². The SMILES string of the molecule is CC(C)(C)c1ccc(-c2ccc(N(c3ccc(-c4ccccc4)cc3)c3ccc(-c4ccccc4)cc3)cc2)c(-c2ccccc2)c1.CCc1ccc(-c2ccc(N(c3ccc(-c4ccccc4)cc3)c3ccc(-c4ccccc4)cc3)cc2)c(-c2ccccc2)c1.Cc1ccc(-c2ccc(N(c3ccc(-c4ccccc4)cc3)c3ccc(-c4ccccc4)cc3)cc2)c(-c2ccccc2)c1. The van der Waals surface area contributed by atoms with Crippen LogP contribution >= 0.6 is 0 Å². The van der Waals surface area contributed by atoms with Gasteiger partial charge in [-0.15, -0.1) is 0 Å². The lowest BCUT2D eigenvalue weighted by molar-refractivity contribution is 0.590. The Labute approximate surface area is 802 Å². The van der Waals surface area contributed by atoms with E-state index in [2.05, 4.69) is 595 Å². The van der Waals surface area contributed by atoms with Crippen LogP contribution in [0, 0.1) is 6.92 Å². The van der Waals surface area contributed by atoms with E-state index in [1.54, 1.807) is 0 Å². The van der Waals surface area contributed by atoms with E-state index in [4.69, 9.17) is 0 Å². The van der Waals surface area contributed by atoms with Crippen molar-refractivity contribution in [2.24, 2.45) is 0 Å². The summed E-state index contributed by atoms with van der Waals surface area (Å²) in [6.07, 6.45) is 1.01. The maximum atomic E-state index is 2.37. The molecule has 0 aliphatic carbocycles. The molecular formula is C133H107N3. The van der Waals surface area contributed by atoms with Gasteiger partial charge in [0.05, 0.1) is 0 Å². The summed E-state index contributed by atoms with van der Waals surface area (Å²) in [5, 5.41) is 0. The van der Waals surface area contributed by atoms with Gasteiger partial charge < -0.3 is 14.7 Å². The van der Waals surface area contributed by atoms with Crippen molar-refractivity contribution in [2.45, 2.75) is 46.5 Å². The van der Waals surface area contributed by atoms with Crippen LogP contribution in [-0.4, -0.2) is 0 Å². The molecular weight excluding hydrogens is 1640 g/mol. The molecule has 0 N–H and O–H groups in total. The Morgan fingerprint density at radius 3 is 0.537 bits per heavy atom. The van der Waals surface area contributed by atoms with Gasteiger partial charge in [-0.05, 0) is 273 Å². The molecule has 3 heteroatoms. The van der Waals surface area contributed by atoms with Crippen LogP contribution in [0.25, 0.3) is 134 Å².